The van der Waals surface area contributed by atoms with Crippen LogP contribution in [0.4, 0.5) is 0 Å². The Morgan fingerprint density at radius 2 is 1.43 bits per heavy atom. The summed E-state index contributed by atoms with van der Waals surface area (Å²) in [5, 5.41) is 10.00. The van der Waals surface area contributed by atoms with E-state index >= 15 is 0 Å². The molecule has 9 nitrogen and oxygen atoms in total. The lowest BCUT2D eigenvalue weighted by molar-refractivity contribution is -0.161. The number of carbonyl (C=O) groups is 2. The number of aliphatic hydroxyl groups excluding tert-OH is 1. The van der Waals surface area contributed by atoms with Crippen molar-refractivity contribution in [3.63, 3.8) is 0 Å². The van der Waals surface area contributed by atoms with Crippen molar-refractivity contribution in [1.82, 2.24) is 0 Å². The third-order valence-electron chi connectivity index (χ3n) is 7.47. The molecule has 0 saturated carbocycles. The molecule has 0 aromatic rings. The molecule has 0 spiro atoms. The molecule has 0 fully saturated rings. The summed E-state index contributed by atoms with van der Waals surface area (Å²) in [6, 6.07) is 0. The number of phosphoric ester groups is 1. The van der Waals surface area contributed by atoms with Crippen LogP contribution in [0.5, 0.6) is 0 Å². The van der Waals surface area contributed by atoms with E-state index < -0.39 is 38.6 Å². The Labute approximate surface area is 278 Å². The number of ether oxygens (including phenoxy) is 2. The lowest BCUT2D eigenvalue weighted by atomic mass is 10.00. The Morgan fingerprint density at radius 3 is 2.15 bits per heavy atom. The summed E-state index contributed by atoms with van der Waals surface area (Å²) < 4.78 is 26.1. The van der Waals surface area contributed by atoms with Gasteiger partial charge in [-0.15, -0.1) is 0 Å². The maximum Gasteiger partial charge on any atom is 0.469 e. The molecule has 3 atom stereocenters. The molecule has 0 aliphatic carbocycles. The molecule has 0 amide bonds. The van der Waals surface area contributed by atoms with E-state index in [1.165, 1.54) is 44.9 Å². The summed E-state index contributed by atoms with van der Waals surface area (Å²) in [7, 11) is -4.78. The zero-order valence-electron chi connectivity index (χ0n) is 28.7. The van der Waals surface area contributed by atoms with Gasteiger partial charge in [-0.05, 0) is 50.9 Å². The van der Waals surface area contributed by atoms with E-state index in [1.807, 2.05) is 36.5 Å². The molecule has 0 rings (SSSR count). The highest BCUT2D eigenvalue weighted by atomic mass is 31.2. The number of allylic oxidation sites excluding steroid dienone is 6. The van der Waals surface area contributed by atoms with Crippen molar-refractivity contribution in [2.45, 2.75) is 149 Å². The van der Waals surface area contributed by atoms with Crippen LogP contribution in [0, 0.1) is 5.92 Å². The summed E-state index contributed by atoms with van der Waals surface area (Å²) in [6.45, 7) is 5.77. The summed E-state index contributed by atoms with van der Waals surface area (Å²) in [4.78, 5) is 42.5. The highest BCUT2D eigenvalue weighted by molar-refractivity contribution is 7.46. The van der Waals surface area contributed by atoms with Crippen LogP contribution in [0.25, 0.3) is 0 Å². The molecule has 46 heavy (non-hydrogen) atoms. The van der Waals surface area contributed by atoms with E-state index in [2.05, 4.69) is 31.4 Å². The molecule has 0 aromatic heterocycles. The molecular weight excluding hydrogens is 607 g/mol. The molecule has 10 heteroatoms. The number of esters is 2. The lowest BCUT2D eigenvalue weighted by Crippen LogP contribution is -2.29. The van der Waals surface area contributed by atoms with Gasteiger partial charge in [-0.3, -0.25) is 14.1 Å². The quantitative estimate of drug-likeness (QED) is 0.0225. The maximum absolute atomic E-state index is 12.3. The molecule has 0 radical (unpaired) electrons. The van der Waals surface area contributed by atoms with Crippen LogP contribution in [0.15, 0.2) is 48.6 Å². The molecule has 3 N–H and O–H groups in total. The van der Waals surface area contributed by atoms with Gasteiger partial charge in [0.25, 0.3) is 0 Å². The highest BCUT2D eigenvalue weighted by Crippen LogP contribution is 2.35. The number of hydrogen-bond acceptors (Lipinski definition) is 7. The number of unbranched alkanes of at least 4 members (excludes halogenated alkanes) is 9. The van der Waals surface area contributed by atoms with E-state index in [9.17, 15) is 19.3 Å². The third-order valence-corrected chi connectivity index (χ3v) is 7.96. The van der Waals surface area contributed by atoms with Crippen LogP contribution in [0.3, 0.4) is 0 Å². The van der Waals surface area contributed by atoms with Gasteiger partial charge in [0.2, 0.25) is 0 Å². The van der Waals surface area contributed by atoms with Gasteiger partial charge in [0.1, 0.15) is 6.61 Å². The fourth-order valence-corrected chi connectivity index (χ4v) is 4.78. The first-order chi connectivity index (χ1) is 22.1. The van der Waals surface area contributed by atoms with E-state index in [0.717, 1.165) is 31.6 Å². The minimum absolute atomic E-state index is 0.101. The SMILES string of the molecule is CCCCC/C=C\C=C/[C@H](O)C/C=C\C/C=C/CCCC(=O)O[C@H](COC(=O)CCCCCCCCC(C)CC)COP(=O)(O)O. The van der Waals surface area contributed by atoms with Crippen molar-refractivity contribution >= 4 is 19.8 Å². The van der Waals surface area contributed by atoms with Gasteiger partial charge in [0.15, 0.2) is 6.10 Å². The zero-order chi connectivity index (χ0) is 34.3. The molecule has 0 aliphatic heterocycles. The minimum atomic E-state index is -4.78. The van der Waals surface area contributed by atoms with Gasteiger partial charge in [-0.25, -0.2) is 4.57 Å². The summed E-state index contributed by atoms with van der Waals surface area (Å²) >= 11 is 0. The Balaban J connectivity index is 4.22. The minimum Gasteiger partial charge on any atom is -0.462 e. The second kappa shape index (κ2) is 30.3. The van der Waals surface area contributed by atoms with Crippen molar-refractivity contribution in [3.8, 4) is 0 Å². The van der Waals surface area contributed by atoms with Crippen molar-refractivity contribution in [2.75, 3.05) is 13.2 Å². The normalized spacial score (nSPS) is 14.5. The van der Waals surface area contributed by atoms with Gasteiger partial charge >= 0.3 is 19.8 Å². The molecule has 0 aliphatic rings. The molecule has 0 aromatic carbocycles. The number of phosphoric acid groups is 1. The van der Waals surface area contributed by atoms with Gasteiger partial charge < -0.3 is 24.4 Å². The Morgan fingerprint density at radius 1 is 0.761 bits per heavy atom. The Hall–Kier alpha value is -2.03. The van der Waals surface area contributed by atoms with E-state index in [-0.39, 0.29) is 19.4 Å². The first kappa shape index (κ1) is 44.0. The van der Waals surface area contributed by atoms with Crippen molar-refractivity contribution in [1.29, 1.82) is 0 Å². The van der Waals surface area contributed by atoms with Crippen molar-refractivity contribution in [2.24, 2.45) is 5.92 Å². The standard InChI is InChI=1S/C36H63O9P/c1-4-6-7-8-10-16-21-26-33(37)27-22-17-11-9-12-19-24-29-36(39)45-34(31-44-46(40,41)42)30-43-35(38)28-23-18-14-13-15-20-25-32(3)5-2/h9-10,12,16-17,21-22,26,32-34,37H,4-8,11,13-15,18-20,23-25,27-31H2,1-3H3,(H2,40,41,42)/b12-9+,16-10-,22-17-,26-21-/t32?,33-,34+/m0/s1. The molecule has 0 saturated heterocycles. The predicted molar refractivity (Wildman–Crippen MR) is 185 cm³/mol. The van der Waals surface area contributed by atoms with Gasteiger partial charge in [0, 0.05) is 12.8 Å². The number of rotatable bonds is 30. The van der Waals surface area contributed by atoms with Crippen LogP contribution in [0.2, 0.25) is 0 Å². The first-order valence-corrected chi connectivity index (χ1v) is 19.0. The van der Waals surface area contributed by atoms with Gasteiger partial charge in [0.05, 0.1) is 12.7 Å². The van der Waals surface area contributed by atoms with Crippen LogP contribution in [0.1, 0.15) is 136 Å². The summed E-state index contributed by atoms with van der Waals surface area (Å²) in [5.41, 5.74) is 0. The molecule has 0 bridgehead atoms. The van der Waals surface area contributed by atoms with E-state index in [0.29, 0.717) is 32.1 Å². The van der Waals surface area contributed by atoms with Crippen LogP contribution in [-0.2, 0) is 28.2 Å². The molecule has 1 unspecified atom stereocenters. The Bertz CT molecular complexity index is 922. The van der Waals surface area contributed by atoms with E-state index in [4.69, 9.17) is 19.3 Å². The van der Waals surface area contributed by atoms with Gasteiger partial charge in [-0.2, -0.15) is 0 Å². The number of carbonyl (C=O) groups excluding carboxylic acids is 2. The first-order valence-electron chi connectivity index (χ1n) is 17.4. The summed E-state index contributed by atoms with van der Waals surface area (Å²) in [6.07, 6.45) is 30.2. The second-order valence-corrected chi connectivity index (χ2v) is 13.2. The van der Waals surface area contributed by atoms with Crippen LogP contribution < -0.4 is 0 Å². The smallest absolute Gasteiger partial charge is 0.462 e. The third kappa shape index (κ3) is 31.9. The largest absolute Gasteiger partial charge is 0.469 e. The fourth-order valence-electron chi connectivity index (χ4n) is 4.42. The molecular formula is C36H63O9P. The monoisotopic (exact) mass is 670 g/mol. The average Bonchev–Trinajstić information content (AvgIpc) is 3.01. The molecule has 266 valence electrons. The fraction of sp³-hybridized carbons (Fsp3) is 0.722. The predicted octanol–water partition coefficient (Wildman–Crippen LogP) is 8.83. The number of hydrogen-bond donors (Lipinski definition) is 3. The van der Waals surface area contributed by atoms with Gasteiger partial charge in [-0.1, -0.05) is 127 Å². The summed E-state index contributed by atoms with van der Waals surface area (Å²) in [5.74, 6) is -0.224. The molecule has 0 heterocycles. The highest BCUT2D eigenvalue weighted by Gasteiger charge is 2.22. The average molecular weight is 671 g/mol. The number of aliphatic hydroxyl groups is 1. The zero-order valence-corrected chi connectivity index (χ0v) is 29.6. The van der Waals surface area contributed by atoms with Crippen molar-refractivity contribution < 1.29 is 43.0 Å². The van der Waals surface area contributed by atoms with E-state index in [1.54, 1.807) is 6.08 Å². The lowest BCUT2D eigenvalue weighted by Gasteiger charge is -2.18. The van der Waals surface area contributed by atoms with Crippen molar-refractivity contribution in [3.05, 3.63) is 48.6 Å². The second-order valence-electron chi connectivity index (χ2n) is 11.9. The van der Waals surface area contributed by atoms with Crippen LogP contribution >= 0.6 is 7.82 Å². The Kier molecular flexibility index (Phi) is 29.0. The van der Waals surface area contributed by atoms with Crippen LogP contribution in [-0.4, -0.2) is 52.3 Å². The topological polar surface area (TPSA) is 140 Å². The maximum atomic E-state index is 12.3.